The third kappa shape index (κ3) is 2.98. The maximum absolute atomic E-state index is 4.85. The molecular formula is C20H23N3S. The molecule has 0 amide bonds. The van der Waals surface area contributed by atoms with Crippen LogP contribution in [0, 0.1) is 6.92 Å². The summed E-state index contributed by atoms with van der Waals surface area (Å²) in [5.41, 5.74) is 5.19. The number of piperazine rings is 1. The van der Waals surface area contributed by atoms with Crippen molar-refractivity contribution in [1.82, 2.24) is 4.98 Å². The quantitative estimate of drug-likeness (QED) is 0.702. The van der Waals surface area contributed by atoms with Crippen LogP contribution >= 0.6 is 11.3 Å². The van der Waals surface area contributed by atoms with Crippen molar-refractivity contribution in [2.45, 2.75) is 20.3 Å². The molecule has 2 aromatic carbocycles. The highest BCUT2D eigenvalue weighted by Crippen LogP contribution is 2.30. The Morgan fingerprint density at radius 3 is 2.54 bits per heavy atom. The van der Waals surface area contributed by atoms with Gasteiger partial charge in [-0.05, 0) is 48.7 Å². The number of fused-ring (bicyclic) bond motifs is 1. The number of thiazole rings is 1. The van der Waals surface area contributed by atoms with Crippen LogP contribution < -0.4 is 9.80 Å². The Morgan fingerprint density at radius 2 is 1.79 bits per heavy atom. The average Bonchev–Trinajstić information content (AvgIpc) is 3.05. The number of aromatic nitrogens is 1. The number of aryl methyl sites for hydroxylation is 2. The molecule has 0 spiro atoms. The Morgan fingerprint density at radius 1 is 1.00 bits per heavy atom. The van der Waals surface area contributed by atoms with Gasteiger partial charge in [-0.25, -0.2) is 4.98 Å². The standard InChI is InChI=1S/C20H23N3S/c1-3-16-7-8-18-19(14-16)24-20(21-18)23-11-9-22(10-12-23)17-6-4-5-15(2)13-17/h4-8,13-14H,3,9-12H2,1-2H3. The van der Waals surface area contributed by atoms with Crippen molar-refractivity contribution in [1.29, 1.82) is 0 Å². The van der Waals surface area contributed by atoms with Gasteiger partial charge in [-0.2, -0.15) is 0 Å². The van der Waals surface area contributed by atoms with E-state index in [1.165, 1.54) is 26.6 Å². The highest BCUT2D eigenvalue weighted by atomic mass is 32.1. The topological polar surface area (TPSA) is 19.4 Å². The second-order valence-corrected chi connectivity index (χ2v) is 7.47. The minimum Gasteiger partial charge on any atom is -0.368 e. The third-order valence-corrected chi connectivity index (χ3v) is 5.85. The predicted molar refractivity (Wildman–Crippen MR) is 105 cm³/mol. The Bertz CT molecular complexity index is 847. The van der Waals surface area contributed by atoms with Gasteiger partial charge >= 0.3 is 0 Å². The van der Waals surface area contributed by atoms with Crippen LogP contribution in [0.1, 0.15) is 18.1 Å². The summed E-state index contributed by atoms with van der Waals surface area (Å²) in [5.74, 6) is 0. The average molecular weight is 337 g/mol. The minimum atomic E-state index is 1.04. The summed E-state index contributed by atoms with van der Waals surface area (Å²) >= 11 is 1.83. The third-order valence-electron chi connectivity index (χ3n) is 4.77. The van der Waals surface area contributed by atoms with Crippen LogP contribution in [0.25, 0.3) is 10.2 Å². The highest BCUT2D eigenvalue weighted by Gasteiger charge is 2.20. The number of hydrogen-bond donors (Lipinski definition) is 0. The largest absolute Gasteiger partial charge is 0.368 e. The van der Waals surface area contributed by atoms with E-state index >= 15 is 0 Å². The monoisotopic (exact) mass is 337 g/mol. The van der Waals surface area contributed by atoms with Crippen LogP contribution in [0.15, 0.2) is 42.5 Å². The highest BCUT2D eigenvalue weighted by molar-refractivity contribution is 7.22. The van der Waals surface area contributed by atoms with E-state index in [9.17, 15) is 0 Å². The lowest BCUT2D eigenvalue weighted by molar-refractivity contribution is 0.652. The molecule has 124 valence electrons. The number of benzene rings is 2. The van der Waals surface area contributed by atoms with Gasteiger partial charge in [0.15, 0.2) is 5.13 Å². The van der Waals surface area contributed by atoms with Gasteiger partial charge in [-0.3, -0.25) is 0 Å². The van der Waals surface area contributed by atoms with Gasteiger partial charge in [0.2, 0.25) is 0 Å². The molecule has 24 heavy (non-hydrogen) atoms. The van der Waals surface area contributed by atoms with Crippen LogP contribution in [0.3, 0.4) is 0 Å². The molecule has 2 heterocycles. The van der Waals surface area contributed by atoms with Crippen molar-refractivity contribution in [3.63, 3.8) is 0 Å². The van der Waals surface area contributed by atoms with E-state index in [1.807, 2.05) is 11.3 Å². The van der Waals surface area contributed by atoms with E-state index in [4.69, 9.17) is 4.98 Å². The van der Waals surface area contributed by atoms with Crippen molar-refractivity contribution in [3.8, 4) is 0 Å². The smallest absolute Gasteiger partial charge is 0.186 e. The Balaban J connectivity index is 1.49. The maximum atomic E-state index is 4.85. The van der Waals surface area contributed by atoms with Crippen molar-refractivity contribution in [3.05, 3.63) is 53.6 Å². The van der Waals surface area contributed by atoms with Crippen molar-refractivity contribution >= 4 is 32.4 Å². The second-order valence-electron chi connectivity index (χ2n) is 6.47. The molecule has 0 N–H and O–H groups in total. The lowest BCUT2D eigenvalue weighted by atomic mass is 10.2. The first-order valence-corrected chi connectivity index (χ1v) is 9.50. The van der Waals surface area contributed by atoms with E-state index in [2.05, 4.69) is 66.1 Å². The van der Waals surface area contributed by atoms with Crippen LogP contribution in [0.5, 0.6) is 0 Å². The zero-order valence-electron chi connectivity index (χ0n) is 14.3. The zero-order valence-corrected chi connectivity index (χ0v) is 15.1. The minimum absolute atomic E-state index is 1.04. The summed E-state index contributed by atoms with van der Waals surface area (Å²) < 4.78 is 1.31. The predicted octanol–water partition coefficient (Wildman–Crippen LogP) is 4.49. The second kappa shape index (κ2) is 6.44. The van der Waals surface area contributed by atoms with E-state index in [0.717, 1.165) is 38.1 Å². The summed E-state index contributed by atoms with van der Waals surface area (Å²) in [4.78, 5) is 9.76. The Labute approximate surface area is 147 Å². The molecular weight excluding hydrogens is 314 g/mol. The first kappa shape index (κ1) is 15.5. The molecule has 4 heteroatoms. The first-order chi connectivity index (χ1) is 11.7. The van der Waals surface area contributed by atoms with Gasteiger partial charge in [0.05, 0.1) is 10.2 Å². The molecule has 3 nitrogen and oxygen atoms in total. The first-order valence-electron chi connectivity index (χ1n) is 8.69. The molecule has 0 saturated carbocycles. The van der Waals surface area contributed by atoms with Crippen molar-refractivity contribution in [2.24, 2.45) is 0 Å². The summed E-state index contributed by atoms with van der Waals surface area (Å²) in [5, 5.41) is 1.17. The molecule has 1 aliphatic heterocycles. The fourth-order valence-electron chi connectivity index (χ4n) is 3.29. The van der Waals surface area contributed by atoms with E-state index in [-0.39, 0.29) is 0 Å². The fraction of sp³-hybridized carbons (Fsp3) is 0.350. The SMILES string of the molecule is CCc1ccc2nc(N3CCN(c4cccc(C)c4)CC3)sc2c1. The number of nitrogens with zero attached hydrogens (tertiary/aromatic N) is 3. The van der Waals surface area contributed by atoms with E-state index in [0.29, 0.717) is 0 Å². The maximum Gasteiger partial charge on any atom is 0.186 e. The lowest BCUT2D eigenvalue weighted by Crippen LogP contribution is -2.46. The molecule has 1 fully saturated rings. The fourth-order valence-corrected chi connectivity index (χ4v) is 4.37. The molecule has 4 rings (SSSR count). The normalized spacial score (nSPS) is 15.2. The number of rotatable bonds is 3. The summed E-state index contributed by atoms with van der Waals surface area (Å²) in [7, 11) is 0. The molecule has 0 aliphatic carbocycles. The molecule has 1 aromatic heterocycles. The van der Waals surface area contributed by atoms with Gasteiger partial charge in [-0.15, -0.1) is 0 Å². The van der Waals surface area contributed by atoms with Crippen molar-refractivity contribution < 1.29 is 0 Å². The molecule has 3 aromatic rings. The zero-order chi connectivity index (χ0) is 16.5. The summed E-state index contributed by atoms with van der Waals surface area (Å²) in [6.45, 7) is 8.54. The number of hydrogen-bond acceptors (Lipinski definition) is 4. The van der Waals surface area contributed by atoms with Crippen molar-refractivity contribution in [2.75, 3.05) is 36.0 Å². The molecule has 0 atom stereocenters. The summed E-state index contributed by atoms with van der Waals surface area (Å²) in [6, 6.07) is 15.5. The van der Waals surface area contributed by atoms with Gasteiger partial charge in [0, 0.05) is 31.9 Å². The van der Waals surface area contributed by atoms with Gasteiger partial charge in [-0.1, -0.05) is 36.5 Å². The van der Waals surface area contributed by atoms with Crippen LogP contribution in [-0.2, 0) is 6.42 Å². The Kier molecular flexibility index (Phi) is 4.15. The molecule has 0 unspecified atom stereocenters. The van der Waals surface area contributed by atoms with Crippen LogP contribution in [-0.4, -0.2) is 31.2 Å². The molecule has 1 aliphatic rings. The number of anilines is 2. The van der Waals surface area contributed by atoms with Gasteiger partial charge in [0.1, 0.15) is 0 Å². The van der Waals surface area contributed by atoms with Crippen LogP contribution in [0.4, 0.5) is 10.8 Å². The molecule has 0 radical (unpaired) electrons. The van der Waals surface area contributed by atoms with Gasteiger partial charge in [0.25, 0.3) is 0 Å². The van der Waals surface area contributed by atoms with E-state index in [1.54, 1.807) is 0 Å². The van der Waals surface area contributed by atoms with Crippen LogP contribution in [0.2, 0.25) is 0 Å². The lowest BCUT2D eigenvalue weighted by Gasteiger charge is -2.36. The molecule has 0 bridgehead atoms. The van der Waals surface area contributed by atoms with E-state index < -0.39 is 0 Å². The summed E-state index contributed by atoms with van der Waals surface area (Å²) in [6.07, 6.45) is 1.08. The van der Waals surface area contributed by atoms with Gasteiger partial charge < -0.3 is 9.80 Å². The molecule has 1 saturated heterocycles. The Hall–Kier alpha value is -2.07.